The molecule has 1 heterocycles. The molecule has 0 saturated heterocycles. The second-order valence-corrected chi connectivity index (χ2v) is 5.58. The molecule has 0 N–H and O–H groups in total. The van der Waals surface area contributed by atoms with E-state index in [0.29, 0.717) is 6.61 Å². The van der Waals surface area contributed by atoms with Crippen LogP contribution in [-0.2, 0) is 14.3 Å². The van der Waals surface area contributed by atoms with E-state index in [-0.39, 0.29) is 11.9 Å². The summed E-state index contributed by atoms with van der Waals surface area (Å²) in [6.07, 6.45) is 6.11. The first-order chi connectivity index (χ1) is 10.1. The fraction of sp³-hybridized carbons (Fsp3) is 0.722. The number of carbonyl (C=O) groups is 1. The zero-order valence-corrected chi connectivity index (χ0v) is 14.3. The number of ether oxygens (including phenoxy) is 2. The van der Waals surface area contributed by atoms with Crippen molar-refractivity contribution in [3.63, 3.8) is 0 Å². The quantitative estimate of drug-likeness (QED) is 0.582. The second kappa shape index (κ2) is 8.91. The highest BCUT2D eigenvalue weighted by Crippen LogP contribution is 2.40. The minimum Gasteiger partial charge on any atom is -0.466 e. The Morgan fingerprint density at radius 2 is 1.76 bits per heavy atom. The average molecular weight is 294 g/mol. The van der Waals surface area contributed by atoms with Gasteiger partial charge < -0.3 is 9.47 Å². The van der Waals surface area contributed by atoms with E-state index in [9.17, 15) is 4.79 Å². The van der Waals surface area contributed by atoms with Gasteiger partial charge in [0.2, 0.25) is 0 Å². The van der Waals surface area contributed by atoms with Crippen molar-refractivity contribution >= 4 is 5.97 Å². The van der Waals surface area contributed by atoms with E-state index in [1.165, 1.54) is 5.57 Å². The predicted octanol–water partition coefficient (Wildman–Crippen LogP) is 5.12. The normalized spacial score (nSPS) is 18.8. The molecule has 3 nitrogen and oxygen atoms in total. The average Bonchev–Trinajstić information content (AvgIpc) is 2.43. The van der Waals surface area contributed by atoms with Gasteiger partial charge in [-0.3, -0.25) is 0 Å². The summed E-state index contributed by atoms with van der Waals surface area (Å²) in [7, 11) is 0. The Hall–Kier alpha value is -1.25. The van der Waals surface area contributed by atoms with E-state index >= 15 is 0 Å². The summed E-state index contributed by atoms with van der Waals surface area (Å²) in [6.45, 7) is 10.6. The number of allylic oxidation sites excluding steroid dienone is 3. The van der Waals surface area contributed by atoms with Crippen molar-refractivity contribution in [3.05, 3.63) is 22.7 Å². The van der Waals surface area contributed by atoms with Gasteiger partial charge in [-0.05, 0) is 38.7 Å². The summed E-state index contributed by atoms with van der Waals surface area (Å²) in [5.74, 6) is 1.78. The van der Waals surface area contributed by atoms with Crippen LogP contribution in [-0.4, -0.2) is 12.6 Å². The Kier molecular flexibility index (Phi) is 7.55. The highest BCUT2D eigenvalue weighted by molar-refractivity contribution is 5.90. The van der Waals surface area contributed by atoms with Crippen molar-refractivity contribution in [2.45, 2.75) is 73.1 Å². The van der Waals surface area contributed by atoms with E-state index in [2.05, 4.69) is 20.8 Å². The maximum Gasteiger partial charge on any atom is 0.338 e. The monoisotopic (exact) mass is 294 g/mol. The summed E-state index contributed by atoms with van der Waals surface area (Å²) in [6, 6.07) is 0. The first-order valence-electron chi connectivity index (χ1n) is 8.38. The molecule has 1 rings (SSSR count). The lowest BCUT2D eigenvalue weighted by atomic mass is 9.81. The van der Waals surface area contributed by atoms with E-state index in [1.807, 2.05) is 13.8 Å². The molecule has 0 bridgehead atoms. The summed E-state index contributed by atoms with van der Waals surface area (Å²) in [5.41, 5.74) is 2.05. The molecule has 1 unspecified atom stereocenters. The first-order valence-corrected chi connectivity index (χ1v) is 8.38. The highest BCUT2D eigenvalue weighted by atomic mass is 16.5. The summed E-state index contributed by atoms with van der Waals surface area (Å²) < 4.78 is 11.3. The lowest BCUT2D eigenvalue weighted by Crippen LogP contribution is -2.25. The minimum absolute atomic E-state index is 0.171. The molecule has 0 aromatic rings. The van der Waals surface area contributed by atoms with Crippen LogP contribution in [0.25, 0.3) is 0 Å². The van der Waals surface area contributed by atoms with Crippen LogP contribution in [0, 0.1) is 5.92 Å². The number of hydrogen-bond acceptors (Lipinski definition) is 3. The number of esters is 1. The lowest BCUT2D eigenvalue weighted by molar-refractivity contribution is -0.139. The topological polar surface area (TPSA) is 35.5 Å². The molecule has 0 radical (unpaired) electrons. The van der Waals surface area contributed by atoms with Crippen molar-refractivity contribution in [2.75, 3.05) is 6.61 Å². The van der Waals surface area contributed by atoms with E-state index in [4.69, 9.17) is 9.47 Å². The molecular formula is C18H30O3. The van der Waals surface area contributed by atoms with E-state index in [0.717, 1.165) is 55.6 Å². The molecular weight excluding hydrogens is 264 g/mol. The molecule has 0 aromatic heterocycles. The third kappa shape index (κ3) is 4.36. The van der Waals surface area contributed by atoms with Crippen molar-refractivity contribution in [1.82, 2.24) is 0 Å². The van der Waals surface area contributed by atoms with Crippen LogP contribution in [0.15, 0.2) is 22.7 Å². The molecule has 1 aliphatic rings. The van der Waals surface area contributed by atoms with Gasteiger partial charge in [-0.25, -0.2) is 4.79 Å². The Labute approximate surface area is 129 Å². The molecule has 0 amide bonds. The second-order valence-electron chi connectivity index (χ2n) is 5.58. The van der Waals surface area contributed by atoms with E-state index < -0.39 is 0 Å². The zero-order valence-electron chi connectivity index (χ0n) is 14.3. The van der Waals surface area contributed by atoms with Gasteiger partial charge >= 0.3 is 5.97 Å². The van der Waals surface area contributed by atoms with Crippen LogP contribution in [0.1, 0.15) is 73.1 Å². The Balaban J connectivity index is 3.19. The minimum atomic E-state index is -0.211. The maximum atomic E-state index is 12.3. The molecule has 3 heteroatoms. The van der Waals surface area contributed by atoms with Gasteiger partial charge in [0, 0.05) is 12.3 Å². The van der Waals surface area contributed by atoms with Crippen LogP contribution in [0.4, 0.5) is 0 Å². The Bertz CT molecular complexity index is 418. The largest absolute Gasteiger partial charge is 0.466 e. The molecule has 1 atom stereocenters. The number of hydrogen-bond donors (Lipinski definition) is 0. The van der Waals surface area contributed by atoms with Crippen molar-refractivity contribution in [3.8, 4) is 0 Å². The molecule has 120 valence electrons. The van der Waals surface area contributed by atoms with Crippen LogP contribution in [0.5, 0.6) is 0 Å². The number of carbonyl (C=O) groups excluding carboxylic acids is 1. The molecule has 0 saturated carbocycles. The summed E-state index contributed by atoms with van der Waals surface area (Å²) >= 11 is 0. The molecule has 0 aromatic carbocycles. The third-order valence-electron chi connectivity index (χ3n) is 3.85. The lowest BCUT2D eigenvalue weighted by Gasteiger charge is -2.31. The fourth-order valence-corrected chi connectivity index (χ4v) is 3.04. The van der Waals surface area contributed by atoms with Gasteiger partial charge in [-0.15, -0.1) is 0 Å². The maximum absolute atomic E-state index is 12.3. The van der Waals surface area contributed by atoms with Crippen molar-refractivity contribution in [1.29, 1.82) is 0 Å². The highest BCUT2D eigenvalue weighted by Gasteiger charge is 2.33. The predicted molar refractivity (Wildman–Crippen MR) is 85.7 cm³/mol. The summed E-state index contributed by atoms with van der Waals surface area (Å²) in [5, 5.41) is 0. The van der Waals surface area contributed by atoms with Gasteiger partial charge in [-0.2, -0.15) is 0 Å². The third-order valence-corrected chi connectivity index (χ3v) is 3.85. The van der Waals surface area contributed by atoms with Crippen LogP contribution < -0.4 is 0 Å². The molecule has 21 heavy (non-hydrogen) atoms. The molecule has 0 aliphatic carbocycles. The molecule has 1 aliphatic heterocycles. The van der Waals surface area contributed by atoms with Crippen LogP contribution >= 0.6 is 0 Å². The zero-order chi connectivity index (χ0) is 15.8. The van der Waals surface area contributed by atoms with Gasteiger partial charge in [0.05, 0.1) is 12.2 Å². The van der Waals surface area contributed by atoms with Gasteiger partial charge in [0.15, 0.2) is 0 Å². The molecule has 0 fully saturated rings. The first kappa shape index (κ1) is 17.8. The number of rotatable bonds is 8. The standard InChI is InChI=1S/C18H30O3/c1-6-10-14-15(11-7-2)17(18(19)20-9-4)13(5)21-16(14)12-8-3/h15H,6-12H2,1-5H3. The smallest absolute Gasteiger partial charge is 0.338 e. The van der Waals surface area contributed by atoms with Crippen molar-refractivity contribution in [2.24, 2.45) is 5.92 Å². The van der Waals surface area contributed by atoms with Crippen LogP contribution in [0.3, 0.4) is 0 Å². The van der Waals surface area contributed by atoms with Crippen molar-refractivity contribution < 1.29 is 14.3 Å². The van der Waals surface area contributed by atoms with Gasteiger partial charge in [-0.1, -0.05) is 33.6 Å². The SMILES string of the molecule is CCCC1=C(CCC)C(CCC)C(C(=O)OCC)=C(C)O1. The Morgan fingerprint density at radius 3 is 2.29 bits per heavy atom. The van der Waals surface area contributed by atoms with E-state index in [1.54, 1.807) is 0 Å². The Morgan fingerprint density at radius 1 is 1.10 bits per heavy atom. The van der Waals surface area contributed by atoms with Crippen LogP contribution in [0.2, 0.25) is 0 Å². The molecule has 0 spiro atoms. The van der Waals surface area contributed by atoms with Gasteiger partial charge in [0.25, 0.3) is 0 Å². The fourth-order valence-electron chi connectivity index (χ4n) is 3.04. The summed E-state index contributed by atoms with van der Waals surface area (Å²) in [4.78, 5) is 12.3. The van der Waals surface area contributed by atoms with Gasteiger partial charge in [0.1, 0.15) is 11.5 Å².